The van der Waals surface area contributed by atoms with Gasteiger partial charge < -0.3 is 10.1 Å². The number of allylic oxidation sites excluding steroid dienone is 1. The van der Waals surface area contributed by atoms with Gasteiger partial charge in [-0.1, -0.05) is 35.9 Å². The van der Waals surface area contributed by atoms with Gasteiger partial charge in [0, 0.05) is 45.8 Å². The highest BCUT2D eigenvalue weighted by molar-refractivity contribution is 7.17. The summed E-state index contributed by atoms with van der Waals surface area (Å²) >= 11 is 9.69. The molecule has 1 aliphatic heterocycles. The van der Waals surface area contributed by atoms with Gasteiger partial charge in [-0.25, -0.2) is 9.59 Å². The Kier molecular flexibility index (Phi) is 9.77. The summed E-state index contributed by atoms with van der Waals surface area (Å²) in [6, 6.07) is 7.62. The normalized spacial score (nSPS) is 15.4. The molecule has 0 unspecified atom stereocenters. The molecule has 0 radical (unpaired) electrons. The van der Waals surface area contributed by atoms with Crippen LogP contribution in [0.3, 0.4) is 0 Å². The molecule has 0 atom stereocenters. The Morgan fingerprint density at radius 2 is 1.90 bits per heavy atom. The van der Waals surface area contributed by atoms with Crippen LogP contribution in [0.15, 0.2) is 36.4 Å². The monoisotopic (exact) mass is 625 g/mol. The Morgan fingerprint density at radius 3 is 2.67 bits per heavy atom. The summed E-state index contributed by atoms with van der Waals surface area (Å²) in [7, 11) is 0. The zero-order valence-electron chi connectivity index (χ0n) is 24.9. The third-order valence-corrected chi connectivity index (χ3v) is 10.4. The lowest BCUT2D eigenvalue weighted by molar-refractivity contribution is 0.00699. The SMILES string of the molecule is C/C=C/CCN1CCc2c(sc(-c3cccc(Cl)c3)c2CNC(=O)Nc2sc3c(c2C(=O)OC(C)(C)C)CCCC3)C1. The average Bonchev–Trinajstić information content (AvgIpc) is 3.48. The molecule has 2 N–H and O–H groups in total. The van der Waals surface area contributed by atoms with Crippen LogP contribution in [0.25, 0.3) is 10.4 Å². The van der Waals surface area contributed by atoms with E-state index in [0.717, 1.165) is 79.7 Å². The second kappa shape index (κ2) is 13.3. The van der Waals surface area contributed by atoms with E-state index >= 15 is 0 Å². The molecule has 1 aromatic carbocycles. The summed E-state index contributed by atoms with van der Waals surface area (Å²) in [5, 5.41) is 7.40. The van der Waals surface area contributed by atoms with Crippen LogP contribution in [0.4, 0.5) is 9.80 Å². The Labute approximate surface area is 262 Å². The molecule has 0 spiro atoms. The number of nitrogens with one attached hydrogen (secondary N) is 2. The van der Waals surface area contributed by atoms with Gasteiger partial charge in [0.2, 0.25) is 0 Å². The van der Waals surface area contributed by atoms with Crippen LogP contribution in [0, 0.1) is 0 Å². The number of fused-ring (bicyclic) bond motifs is 2. The fourth-order valence-electron chi connectivity index (χ4n) is 5.70. The number of amides is 2. The van der Waals surface area contributed by atoms with Crippen LogP contribution in [0.5, 0.6) is 0 Å². The molecule has 3 heterocycles. The van der Waals surface area contributed by atoms with Crippen molar-refractivity contribution in [1.82, 2.24) is 10.2 Å². The third-order valence-electron chi connectivity index (χ3n) is 7.61. The number of aryl methyl sites for hydroxylation is 1. The van der Waals surface area contributed by atoms with E-state index in [-0.39, 0.29) is 12.0 Å². The summed E-state index contributed by atoms with van der Waals surface area (Å²) in [4.78, 5) is 32.8. The maximum atomic E-state index is 13.3. The third kappa shape index (κ3) is 7.28. The summed E-state index contributed by atoms with van der Waals surface area (Å²) in [5.41, 5.74) is 4.49. The number of benzene rings is 1. The van der Waals surface area contributed by atoms with Crippen molar-refractivity contribution in [2.24, 2.45) is 0 Å². The van der Waals surface area contributed by atoms with E-state index < -0.39 is 5.60 Å². The standard InChI is InChI=1S/C33H40ClN3O3S2/c1-5-6-9-16-37-17-15-23-25(29(41-27(23)20-37)21-11-10-12-22(34)18-21)19-35-32(39)36-30-28(31(38)40-33(2,3)4)24-13-7-8-14-26(24)42-30/h5-6,10-12,18H,7-9,13-17,19-20H2,1-4H3,(H2,35,36,39)/b6-5+. The first-order chi connectivity index (χ1) is 20.1. The molecule has 3 aromatic rings. The lowest BCUT2D eigenvalue weighted by Gasteiger charge is -2.27. The minimum Gasteiger partial charge on any atom is -0.456 e. The van der Waals surface area contributed by atoms with Crippen LogP contribution < -0.4 is 10.6 Å². The molecule has 0 fully saturated rings. The molecule has 6 nitrogen and oxygen atoms in total. The van der Waals surface area contributed by atoms with E-state index in [0.29, 0.717) is 22.1 Å². The van der Waals surface area contributed by atoms with Crippen molar-refractivity contribution in [2.45, 2.75) is 84.9 Å². The molecule has 224 valence electrons. The molecule has 2 aromatic heterocycles. The highest BCUT2D eigenvalue weighted by atomic mass is 35.5. The van der Waals surface area contributed by atoms with E-state index in [1.807, 2.05) is 39.0 Å². The second-order valence-corrected chi connectivity index (χ2v) is 14.6. The molecule has 0 saturated heterocycles. The summed E-state index contributed by atoms with van der Waals surface area (Å²) in [6.07, 6.45) is 10.2. The molecule has 5 rings (SSSR count). The van der Waals surface area contributed by atoms with E-state index in [9.17, 15) is 9.59 Å². The number of anilines is 1. The zero-order chi connectivity index (χ0) is 29.9. The first kappa shape index (κ1) is 30.8. The Morgan fingerprint density at radius 1 is 1.10 bits per heavy atom. The fourth-order valence-corrected chi connectivity index (χ4v) is 8.57. The number of ether oxygens (including phenoxy) is 1. The van der Waals surface area contributed by atoms with E-state index in [1.54, 1.807) is 11.3 Å². The number of thiophene rings is 2. The topological polar surface area (TPSA) is 70.7 Å². The van der Waals surface area contributed by atoms with Crippen molar-refractivity contribution >= 4 is 51.3 Å². The Balaban J connectivity index is 1.37. The lowest BCUT2D eigenvalue weighted by Crippen LogP contribution is -2.32. The first-order valence-corrected chi connectivity index (χ1v) is 16.8. The average molecular weight is 626 g/mol. The second-order valence-electron chi connectivity index (χ2n) is 11.9. The van der Waals surface area contributed by atoms with Gasteiger partial charge >= 0.3 is 12.0 Å². The van der Waals surface area contributed by atoms with E-state index in [4.69, 9.17) is 16.3 Å². The molecule has 1 aliphatic carbocycles. The van der Waals surface area contributed by atoms with Crippen molar-refractivity contribution in [1.29, 1.82) is 0 Å². The molecule has 2 amide bonds. The van der Waals surface area contributed by atoms with Crippen molar-refractivity contribution in [3.63, 3.8) is 0 Å². The van der Waals surface area contributed by atoms with Crippen molar-refractivity contribution in [3.8, 4) is 10.4 Å². The molecule has 0 saturated carbocycles. The number of rotatable bonds is 8. The predicted octanol–water partition coefficient (Wildman–Crippen LogP) is 8.61. The maximum absolute atomic E-state index is 13.3. The predicted molar refractivity (Wildman–Crippen MR) is 175 cm³/mol. The van der Waals surface area contributed by atoms with Crippen LogP contribution in [-0.4, -0.2) is 35.6 Å². The summed E-state index contributed by atoms with van der Waals surface area (Å²) in [6.45, 7) is 11.0. The largest absolute Gasteiger partial charge is 0.456 e. The number of urea groups is 1. The highest BCUT2D eigenvalue weighted by Gasteiger charge is 2.30. The summed E-state index contributed by atoms with van der Waals surface area (Å²) in [5.74, 6) is -0.369. The number of nitrogens with zero attached hydrogens (tertiary/aromatic N) is 1. The van der Waals surface area contributed by atoms with Crippen molar-refractivity contribution in [3.05, 3.63) is 73.4 Å². The number of hydrogen-bond donors (Lipinski definition) is 2. The number of carbonyl (C=O) groups excluding carboxylic acids is 2. The smallest absolute Gasteiger partial charge is 0.341 e. The van der Waals surface area contributed by atoms with Gasteiger partial charge in [-0.3, -0.25) is 10.2 Å². The number of hydrogen-bond acceptors (Lipinski definition) is 6. The number of halogens is 1. The van der Waals surface area contributed by atoms with E-state index in [1.165, 1.54) is 26.7 Å². The number of carbonyl (C=O) groups is 2. The molecule has 9 heteroatoms. The first-order valence-electron chi connectivity index (χ1n) is 14.8. The zero-order valence-corrected chi connectivity index (χ0v) is 27.3. The fraction of sp³-hybridized carbons (Fsp3) is 0.455. The van der Waals surface area contributed by atoms with Crippen LogP contribution in [-0.2, 0) is 37.1 Å². The minimum absolute atomic E-state index is 0.320. The molecule has 2 aliphatic rings. The van der Waals surface area contributed by atoms with Gasteiger partial charge in [0.25, 0.3) is 0 Å². The van der Waals surface area contributed by atoms with Crippen molar-refractivity contribution in [2.75, 3.05) is 18.4 Å². The quantitative estimate of drug-likeness (QED) is 0.194. The van der Waals surface area contributed by atoms with Gasteiger partial charge in [-0.15, -0.1) is 22.7 Å². The van der Waals surface area contributed by atoms with Gasteiger partial charge in [0.05, 0.1) is 5.56 Å². The lowest BCUT2D eigenvalue weighted by atomic mass is 9.95. The molecular formula is C33H40ClN3O3S2. The van der Waals surface area contributed by atoms with Gasteiger partial charge in [0.15, 0.2) is 0 Å². The number of esters is 1. The summed E-state index contributed by atoms with van der Waals surface area (Å²) < 4.78 is 5.74. The van der Waals surface area contributed by atoms with Crippen LogP contribution in [0.1, 0.15) is 83.8 Å². The minimum atomic E-state index is -0.614. The van der Waals surface area contributed by atoms with Crippen LogP contribution >= 0.6 is 34.3 Å². The maximum Gasteiger partial charge on any atom is 0.341 e. The Hall–Kier alpha value is -2.65. The van der Waals surface area contributed by atoms with Crippen LogP contribution in [0.2, 0.25) is 5.02 Å². The molecule has 42 heavy (non-hydrogen) atoms. The van der Waals surface area contributed by atoms with Gasteiger partial charge in [0.1, 0.15) is 10.6 Å². The molecule has 0 bridgehead atoms. The molecular weight excluding hydrogens is 586 g/mol. The van der Waals surface area contributed by atoms with Gasteiger partial charge in [-0.2, -0.15) is 0 Å². The highest BCUT2D eigenvalue weighted by Crippen LogP contribution is 2.41. The van der Waals surface area contributed by atoms with Crippen molar-refractivity contribution < 1.29 is 14.3 Å². The van der Waals surface area contributed by atoms with Gasteiger partial charge in [-0.05, 0) is 101 Å². The Bertz CT molecular complexity index is 1480. The van der Waals surface area contributed by atoms with E-state index in [2.05, 4.69) is 40.7 Å².